The summed E-state index contributed by atoms with van der Waals surface area (Å²) in [6.45, 7) is 0.698. The van der Waals surface area contributed by atoms with E-state index in [-0.39, 0.29) is 11.1 Å². The summed E-state index contributed by atoms with van der Waals surface area (Å²) in [4.78, 5) is 15.6. The molecule has 0 saturated heterocycles. The molecule has 0 fully saturated rings. The monoisotopic (exact) mass is 286 g/mol. The predicted molar refractivity (Wildman–Crippen MR) is 78.4 cm³/mol. The zero-order valence-electron chi connectivity index (χ0n) is 10.6. The maximum atomic E-state index is 11.8. The van der Waals surface area contributed by atoms with Crippen LogP contribution in [0, 0.1) is 0 Å². The highest BCUT2D eigenvalue weighted by molar-refractivity contribution is 7.98. The Hall–Kier alpha value is -0.740. The number of amides is 1. The van der Waals surface area contributed by atoms with Crippen molar-refractivity contribution in [1.29, 1.82) is 0 Å². The van der Waals surface area contributed by atoms with Gasteiger partial charge in [-0.1, -0.05) is 24.4 Å². The molecule has 100 valence electrons. The van der Waals surface area contributed by atoms with Crippen LogP contribution in [0.25, 0.3) is 0 Å². The first-order valence-electron chi connectivity index (χ1n) is 6.13. The molecule has 1 N–H and O–H groups in total. The summed E-state index contributed by atoms with van der Waals surface area (Å²) in [5, 5.41) is 3.12. The highest BCUT2D eigenvalue weighted by Gasteiger charge is 2.09. The molecule has 1 amide bonds. The lowest BCUT2D eigenvalue weighted by atomic mass is 10.2. The topological polar surface area (TPSA) is 42.0 Å². The van der Waals surface area contributed by atoms with E-state index < -0.39 is 0 Å². The number of hydrogen-bond acceptors (Lipinski definition) is 3. The molecule has 0 unspecified atom stereocenters. The molecule has 0 saturated carbocycles. The third kappa shape index (κ3) is 5.74. The second-order valence-electron chi connectivity index (χ2n) is 4.00. The number of pyridine rings is 1. The molecule has 0 aromatic carbocycles. The molecule has 1 heterocycles. The fraction of sp³-hybridized carbons (Fsp3) is 0.538. The molecule has 1 aromatic heterocycles. The molecule has 0 aliphatic heterocycles. The maximum absolute atomic E-state index is 11.8. The lowest BCUT2D eigenvalue weighted by Crippen LogP contribution is -2.24. The Bertz CT molecular complexity index is 374. The molecule has 3 nitrogen and oxygen atoms in total. The first kappa shape index (κ1) is 15.3. The normalized spacial score (nSPS) is 10.3. The van der Waals surface area contributed by atoms with Gasteiger partial charge in [0.1, 0.15) is 5.15 Å². The van der Waals surface area contributed by atoms with E-state index in [0.29, 0.717) is 12.1 Å². The van der Waals surface area contributed by atoms with Gasteiger partial charge in [-0.05, 0) is 37.0 Å². The van der Waals surface area contributed by atoms with Crippen LogP contribution >= 0.6 is 23.4 Å². The van der Waals surface area contributed by atoms with Gasteiger partial charge in [0.15, 0.2) is 0 Å². The van der Waals surface area contributed by atoms with E-state index in [9.17, 15) is 4.79 Å². The van der Waals surface area contributed by atoms with Gasteiger partial charge < -0.3 is 5.32 Å². The number of aromatic nitrogens is 1. The first-order chi connectivity index (χ1) is 8.75. The second-order valence-corrected chi connectivity index (χ2v) is 5.35. The Balaban J connectivity index is 2.16. The molecule has 0 bridgehead atoms. The molecule has 0 spiro atoms. The van der Waals surface area contributed by atoms with Crippen molar-refractivity contribution in [1.82, 2.24) is 10.3 Å². The Morgan fingerprint density at radius 2 is 2.17 bits per heavy atom. The van der Waals surface area contributed by atoms with E-state index >= 15 is 0 Å². The van der Waals surface area contributed by atoms with Crippen molar-refractivity contribution < 1.29 is 4.79 Å². The number of nitrogens with zero attached hydrogens (tertiary/aromatic N) is 1. The zero-order chi connectivity index (χ0) is 13.2. The van der Waals surface area contributed by atoms with Crippen molar-refractivity contribution in [2.45, 2.75) is 25.7 Å². The second kappa shape index (κ2) is 9.22. The summed E-state index contributed by atoms with van der Waals surface area (Å²) in [5.74, 6) is 1.08. The van der Waals surface area contributed by atoms with Crippen LogP contribution in [0.15, 0.2) is 18.3 Å². The molecular weight excluding hydrogens is 268 g/mol. The number of carbonyl (C=O) groups excluding carboxylic acids is 1. The van der Waals surface area contributed by atoms with Crippen molar-refractivity contribution in [2.24, 2.45) is 0 Å². The molecule has 0 aliphatic carbocycles. The average Bonchev–Trinajstić information content (AvgIpc) is 2.38. The van der Waals surface area contributed by atoms with Crippen LogP contribution in [0.1, 0.15) is 36.0 Å². The van der Waals surface area contributed by atoms with Crippen LogP contribution in [0.2, 0.25) is 5.15 Å². The highest BCUT2D eigenvalue weighted by Crippen LogP contribution is 2.11. The van der Waals surface area contributed by atoms with E-state index in [1.54, 1.807) is 18.3 Å². The van der Waals surface area contributed by atoms with Crippen molar-refractivity contribution in [3.63, 3.8) is 0 Å². The van der Waals surface area contributed by atoms with E-state index in [4.69, 9.17) is 11.6 Å². The van der Waals surface area contributed by atoms with E-state index in [1.807, 2.05) is 11.8 Å². The predicted octanol–water partition coefficient (Wildman–Crippen LogP) is 3.39. The SMILES string of the molecule is CSCCCCCCNC(=O)c1cccnc1Cl. The van der Waals surface area contributed by atoms with Gasteiger partial charge in [-0.2, -0.15) is 11.8 Å². The minimum atomic E-state index is -0.141. The third-order valence-corrected chi connectivity index (χ3v) is 3.56. The van der Waals surface area contributed by atoms with Gasteiger partial charge in [0.25, 0.3) is 5.91 Å². The smallest absolute Gasteiger partial charge is 0.254 e. The fourth-order valence-electron chi connectivity index (χ4n) is 1.58. The minimum absolute atomic E-state index is 0.141. The molecule has 0 atom stereocenters. The summed E-state index contributed by atoms with van der Waals surface area (Å²) >= 11 is 7.72. The van der Waals surface area contributed by atoms with Gasteiger partial charge in [-0.15, -0.1) is 0 Å². The van der Waals surface area contributed by atoms with Gasteiger partial charge >= 0.3 is 0 Å². The molecule has 5 heteroatoms. The Morgan fingerprint density at radius 1 is 1.39 bits per heavy atom. The van der Waals surface area contributed by atoms with E-state index in [0.717, 1.165) is 12.8 Å². The Morgan fingerprint density at radius 3 is 2.89 bits per heavy atom. The number of nitrogens with one attached hydrogen (secondary N) is 1. The number of carbonyl (C=O) groups is 1. The fourth-order valence-corrected chi connectivity index (χ4v) is 2.28. The highest BCUT2D eigenvalue weighted by atomic mass is 35.5. The maximum Gasteiger partial charge on any atom is 0.254 e. The van der Waals surface area contributed by atoms with Crippen LogP contribution < -0.4 is 5.32 Å². The van der Waals surface area contributed by atoms with Crippen molar-refractivity contribution in [3.05, 3.63) is 29.0 Å². The summed E-state index contributed by atoms with van der Waals surface area (Å²) in [6, 6.07) is 3.40. The number of unbranched alkanes of at least 4 members (excludes halogenated alkanes) is 3. The lowest BCUT2D eigenvalue weighted by Gasteiger charge is -2.05. The summed E-state index contributed by atoms with van der Waals surface area (Å²) in [6.07, 6.45) is 8.34. The molecule has 1 rings (SSSR count). The van der Waals surface area contributed by atoms with Crippen molar-refractivity contribution in [2.75, 3.05) is 18.6 Å². The van der Waals surface area contributed by atoms with Crippen LogP contribution in [-0.4, -0.2) is 29.4 Å². The lowest BCUT2D eigenvalue weighted by molar-refractivity contribution is 0.0952. The number of thioether (sulfide) groups is 1. The summed E-state index contributed by atoms with van der Waals surface area (Å²) < 4.78 is 0. The van der Waals surface area contributed by atoms with Gasteiger partial charge in [-0.3, -0.25) is 4.79 Å². The largest absolute Gasteiger partial charge is 0.352 e. The molecule has 0 aliphatic rings. The van der Waals surface area contributed by atoms with E-state index in [2.05, 4.69) is 16.6 Å². The summed E-state index contributed by atoms with van der Waals surface area (Å²) in [5.41, 5.74) is 0.446. The molecule has 0 radical (unpaired) electrons. The third-order valence-electron chi connectivity index (χ3n) is 2.56. The number of hydrogen-bond donors (Lipinski definition) is 1. The van der Waals surface area contributed by atoms with Crippen molar-refractivity contribution >= 4 is 29.3 Å². The average molecular weight is 287 g/mol. The van der Waals surface area contributed by atoms with Gasteiger partial charge in [-0.25, -0.2) is 4.98 Å². The number of rotatable bonds is 8. The standard InChI is InChI=1S/C13H19ClN2OS/c1-18-10-5-3-2-4-8-16-13(17)11-7-6-9-15-12(11)14/h6-7,9H,2-5,8,10H2,1H3,(H,16,17). The van der Waals surface area contributed by atoms with Gasteiger partial charge in [0, 0.05) is 12.7 Å². The van der Waals surface area contributed by atoms with Gasteiger partial charge in [0.05, 0.1) is 5.56 Å². The van der Waals surface area contributed by atoms with Crippen LogP contribution in [0.3, 0.4) is 0 Å². The van der Waals surface area contributed by atoms with Crippen LogP contribution in [-0.2, 0) is 0 Å². The van der Waals surface area contributed by atoms with Crippen molar-refractivity contribution in [3.8, 4) is 0 Å². The Kier molecular flexibility index (Phi) is 7.85. The van der Waals surface area contributed by atoms with Gasteiger partial charge in [0.2, 0.25) is 0 Å². The quantitative estimate of drug-likeness (QED) is 0.588. The molecule has 1 aromatic rings. The molecule has 18 heavy (non-hydrogen) atoms. The number of halogens is 1. The molecular formula is C13H19ClN2OS. The van der Waals surface area contributed by atoms with E-state index in [1.165, 1.54) is 18.6 Å². The minimum Gasteiger partial charge on any atom is -0.352 e. The Labute approximate surface area is 118 Å². The van der Waals surface area contributed by atoms with Crippen LogP contribution in [0.5, 0.6) is 0 Å². The first-order valence-corrected chi connectivity index (χ1v) is 7.90. The summed E-state index contributed by atoms with van der Waals surface area (Å²) in [7, 11) is 0. The zero-order valence-corrected chi connectivity index (χ0v) is 12.2. The van der Waals surface area contributed by atoms with Crippen LogP contribution in [0.4, 0.5) is 0 Å².